The van der Waals surface area contributed by atoms with Gasteiger partial charge in [-0.3, -0.25) is 0 Å². The number of hydrogen-bond donors (Lipinski definition) is 1. The molecule has 2 heterocycles. The number of unbranched alkanes of at least 4 members (excludes halogenated alkanes) is 1. The third kappa shape index (κ3) is 5.91. The van der Waals surface area contributed by atoms with Gasteiger partial charge in [-0.15, -0.1) is 11.8 Å². The van der Waals surface area contributed by atoms with Crippen molar-refractivity contribution < 1.29 is 14.6 Å². The van der Waals surface area contributed by atoms with Gasteiger partial charge < -0.3 is 14.7 Å². The second kappa shape index (κ2) is 11.3. The van der Waals surface area contributed by atoms with Crippen LogP contribution in [0.3, 0.4) is 0 Å². The first-order valence-corrected chi connectivity index (χ1v) is 13.5. The van der Waals surface area contributed by atoms with E-state index in [2.05, 4.69) is 4.90 Å². The lowest BCUT2D eigenvalue weighted by Gasteiger charge is -2.38. The first kappa shape index (κ1) is 23.3. The molecule has 170 valence electrons. The van der Waals surface area contributed by atoms with Gasteiger partial charge in [0, 0.05) is 30.3 Å². The number of carbonyl (C=O) groups excluding carboxylic acids is 1. The van der Waals surface area contributed by atoms with Crippen molar-refractivity contribution in [2.24, 2.45) is 0 Å². The van der Waals surface area contributed by atoms with E-state index in [-0.39, 0.29) is 5.76 Å². The van der Waals surface area contributed by atoms with Gasteiger partial charge in [0.2, 0.25) is 0 Å². The smallest absolute Gasteiger partial charge is 0.348 e. The third-order valence-corrected chi connectivity index (χ3v) is 8.23. The van der Waals surface area contributed by atoms with Crippen molar-refractivity contribution in [2.75, 3.05) is 31.1 Å². The van der Waals surface area contributed by atoms with Crippen LogP contribution in [0.25, 0.3) is 0 Å². The number of aliphatic hydroxyl groups is 1. The topological polar surface area (TPSA) is 49.8 Å². The highest BCUT2D eigenvalue weighted by atomic mass is 32.2. The normalized spacial score (nSPS) is 22.1. The molecule has 1 unspecified atom stereocenters. The maximum atomic E-state index is 13.0. The molecule has 4 nitrogen and oxygen atoms in total. The van der Waals surface area contributed by atoms with Gasteiger partial charge in [0.25, 0.3) is 0 Å². The van der Waals surface area contributed by atoms with Crippen molar-refractivity contribution in [2.45, 2.75) is 37.0 Å². The molecule has 6 heteroatoms. The van der Waals surface area contributed by atoms with Crippen molar-refractivity contribution >= 4 is 29.5 Å². The van der Waals surface area contributed by atoms with Crippen LogP contribution in [-0.4, -0.2) is 47.1 Å². The van der Waals surface area contributed by atoms with Gasteiger partial charge in [-0.05, 0) is 36.9 Å². The first-order chi connectivity index (χ1) is 15.7. The molecule has 2 aromatic carbocycles. The quantitative estimate of drug-likeness (QED) is 0.373. The number of nitrogens with zero attached hydrogens (tertiary/aromatic N) is 1. The second-order valence-electron chi connectivity index (χ2n) is 8.39. The maximum Gasteiger partial charge on any atom is 0.348 e. The molecule has 32 heavy (non-hydrogen) atoms. The Labute approximate surface area is 199 Å². The van der Waals surface area contributed by atoms with E-state index in [9.17, 15) is 9.90 Å². The molecule has 0 aromatic heterocycles. The summed E-state index contributed by atoms with van der Waals surface area (Å²) in [6.07, 6.45) is 3.06. The van der Waals surface area contributed by atoms with Gasteiger partial charge in [0.15, 0.2) is 0 Å². The molecule has 1 saturated heterocycles. The van der Waals surface area contributed by atoms with Gasteiger partial charge in [0.1, 0.15) is 16.3 Å². The van der Waals surface area contributed by atoms with Gasteiger partial charge in [-0.1, -0.05) is 60.7 Å². The SMILES string of the molecule is O=C1OC(CCCCN2CCSCC2)(c2ccccc2)CC(O)=C1SCc1ccccc1. The fourth-order valence-electron chi connectivity index (χ4n) is 4.36. The third-order valence-electron chi connectivity index (χ3n) is 6.12. The highest BCUT2D eigenvalue weighted by Gasteiger charge is 2.43. The lowest BCUT2D eigenvalue weighted by molar-refractivity contribution is -0.160. The Hall–Kier alpha value is -1.89. The number of ether oxygens (including phenoxy) is 1. The van der Waals surface area contributed by atoms with E-state index in [0.717, 1.165) is 43.6 Å². The molecule has 0 aliphatic carbocycles. The maximum absolute atomic E-state index is 13.0. The van der Waals surface area contributed by atoms with E-state index < -0.39 is 11.6 Å². The van der Waals surface area contributed by atoms with Crippen LogP contribution in [0.4, 0.5) is 0 Å². The van der Waals surface area contributed by atoms with Gasteiger partial charge >= 0.3 is 5.97 Å². The summed E-state index contributed by atoms with van der Waals surface area (Å²) >= 11 is 3.38. The largest absolute Gasteiger partial charge is 0.511 e. The number of rotatable bonds is 9. The standard InChI is InChI=1S/C26H31NO3S2/c28-23-19-26(22-11-5-2-6-12-22,13-7-8-14-27-15-17-31-18-16-27)30-25(29)24(23)32-20-21-9-3-1-4-10-21/h1-6,9-12,28H,7-8,13-20H2. The predicted octanol–water partition coefficient (Wildman–Crippen LogP) is 5.75. The minimum atomic E-state index is -0.795. The Bertz CT molecular complexity index is 913. The summed E-state index contributed by atoms with van der Waals surface area (Å²) in [4.78, 5) is 15.9. The van der Waals surface area contributed by atoms with Crippen LogP contribution >= 0.6 is 23.5 Å². The van der Waals surface area contributed by atoms with Crippen molar-refractivity contribution in [1.82, 2.24) is 4.90 Å². The van der Waals surface area contributed by atoms with E-state index in [1.807, 2.05) is 72.4 Å². The zero-order chi connectivity index (χ0) is 22.2. The summed E-state index contributed by atoms with van der Waals surface area (Å²) in [6, 6.07) is 19.9. The molecule has 0 spiro atoms. The Morgan fingerprint density at radius 2 is 1.69 bits per heavy atom. The zero-order valence-electron chi connectivity index (χ0n) is 18.4. The van der Waals surface area contributed by atoms with Crippen LogP contribution in [0.15, 0.2) is 71.3 Å². The van der Waals surface area contributed by atoms with Crippen LogP contribution in [0.2, 0.25) is 0 Å². The molecular formula is C26H31NO3S2. The molecular weight excluding hydrogens is 438 g/mol. The molecule has 1 N–H and O–H groups in total. The minimum Gasteiger partial charge on any atom is -0.511 e. The summed E-state index contributed by atoms with van der Waals surface area (Å²) in [5, 5.41) is 10.9. The van der Waals surface area contributed by atoms with Crippen molar-refractivity contribution in [3.63, 3.8) is 0 Å². The number of cyclic esters (lactones) is 1. The number of carbonyl (C=O) groups is 1. The Kier molecular flexibility index (Phi) is 8.22. The summed E-state index contributed by atoms with van der Waals surface area (Å²) in [5.41, 5.74) is 1.28. The average Bonchev–Trinajstić information content (AvgIpc) is 2.83. The van der Waals surface area contributed by atoms with Crippen LogP contribution in [0.5, 0.6) is 0 Å². The van der Waals surface area contributed by atoms with Crippen molar-refractivity contribution in [3.05, 3.63) is 82.5 Å². The van der Waals surface area contributed by atoms with Crippen LogP contribution in [-0.2, 0) is 20.9 Å². The van der Waals surface area contributed by atoms with Gasteiger partial charge in [-0.2, -0.15) is 11.8 Å². The van der Waals surface area contributed by atoms with E-state index in [4.69, 9.17) is 4.74 Å². The summed E-state index contributed by atoms with van der Waals surface area (Å²) < 4.78 is 6.13. The number of benzene rings is 2. The minimum absolute atomic E-state index is 0.152. The van der Waals surface area contributed by atoms with E-state index >= 15 is 0 Å². The molecule has 2 aliphatic heterocycles. The monoisotopic (exact) mass is 469 g/mol. The molecule has 4 rings (SSSR count). The molecule has 2 aliphatic rings. The fourth-order valence-corrected chi connectivity index (χ4v) is 6.24. The lowest BCUT2D eigenvalue weighted by Crippen LogP contribution is -2.38. The molecule has 0 saturated carbocycles. The molecule has 1 fully saturated rings. The number of esters is 1. The van der Waals surface area contributed by atoms with E-state index in [0.29, 0.717) is 23.5 Å². The first-order valence-electron chi connectivity index (χ1n) is 11.3. The Morgan fingerprint density at radius 1 is 1.00 bits per heavy atom. The van der Waals surface area contributed by atoms with E-state index in [1.165, 1.54) is 23.3 Å². The molecule has 0 radical (unpaired) electrons. The summed E-state index contributed by atoms with van der Waals surface area (Å²) in [5.74, 6) is 2.80. The van der Waals surface area contributed by atoms with Gasteiger partial charge in [0.05, 0.1) is 6.42 Å². The Balaban J connectivity index is 1.44. The highest BCUT2D eigenvalue weighted by Crippen LogP contribution is 2.44. The number of aliphatic hydroxyl groups excluding tert-OH is 1. The van der Waals surface area contributed by atoms with Gasteiger partial charge in [-0.25, -0.2) is 4.79 Å². The Morgan fingerprint density at radius 3 is 2.38 bits per heavy atom. The molecule has 0 bridgehead atoms. The lowest BCUT2D eigenvalue weighted by atomic mass is 9.83. The van der Waals surface area contributed by atoms with Crippen LogP contribution in [0, 0.1) is 0 Å². The van der Waals surface area contributed by atoms with E-state index in [1.54, 1.807) is 0 Å². The molecule has 0 amide bonds. The fraction of sp³-hybridized carbons (Fsp3) is 0.423. The van der Waals surface area contributed by atoms with Crippen LogP contribution < -0.4 is 0 Å². The van der Waals surface area contributed by atoms with Crippen LogP contribution in [0.1, 0.15) is 36.8 Å². The number of thioether (sulfide) groups is 2. The summed E-state index contributed by atoms with van der Waals surface area (Å²) in [6.45, 7) is 3.41. The second-order valence-corrected chi connectivity index (χ2v) is 10.6. The zero-order valence-corrected chi connectivity index (χ0v) is 20.0. The number of hydrogen-bond acceptors (Lipinski definition) is 6. The van der Waals surface area contributed by atoms with Crippen molar-refractivity contribution in [1.29, 1.82) is 0 Å². The average molecular weight is 470 g/mol. The predicted molar refractivity (Wildman–Crippen MR) is 134 cm³/mol. The highest BCUT2D eigenvalue weighted by molar-refractivity contribution is 8.03. The summed E-state index contributed by atoms with van der Waals surface area (Å²) in [7, 11) is 0. The molecule has 1 atom stereocenters. The van der Waals surface area contributed by atoms with Crippen molar-refractivity contribution in [3.8, 4) is 0 Å². The molecule has 2 aromatic rings.